The lowest BCUT2D eigenvalue weighted by Crippen LogP contribution is -2.41. The number of benzene rings is 1. The van der Waals surface area contributed by atoms with E-state index in [-0.39, 0.29) is 6.61 Å². The Labute approximate surface area is 115 Å². The van der Waals surface area contributed by atoms with E-state index in [2.05, 4.69) is 29.3 Å². The maximum Gasteiger partial charge on any atom is 0.119 e. The molecule has 2 rings (SSSR count). The molecule has 0 spiro atoms. The molecule has 1 fully saturated rings. The average Bonchev–Trinajstić information content (AvgIpc) is 2.61. The van der Waals surface area contributed by atoms with E-state index in [4.69, 9.17) is 4.74 Å². The summed E-state index contributed by atoms with van der Waals surface area (Å²) in [7, 11) is 1.68. The van der Waals surface area contributed by atoms with Crippen molar-refractivity contribution in [3.63, 3.8) is 0 Å². The molecule has 4 heteroatoms. The van der Waals surface area contributed by atoms with E-state index in [1.165, 1.54) is 5.69 Å². The molecule has 1 aromatic carbocycles. The lowest BCUT2D eigenvalue weighted by atomic mass is 10.1. The Balaban J connectivity index is 2.19. The van der Waals surface area contributed by atoms with Crippen LogP contribution >= 0.6 is 0 Å². The Morgan fingerprint density at radius 2 is 2.05 bits per heavy atom. The number of ether oxygens (including phenoxy) is 1. The molecular formula is C15H24N2O2. The summed E-state index contributed by atoms with van der Waals surface area (Å²) in [5.74, 6) is 1.48. The molecule has 4 nitrogen and oxygen atoms in total. The molecule has 1 saturated heterocycles. The molecule has 0 radical (unpaired) electrons. The minimum absolute atomic E-state index is 0.230. The van der Waals surface area contributed by atoms with Gasteiger partial charge in [-0.1, -0.05) is 6.92 Å². The van der Waals surface area contributed by atoms with Crippen molar-refractivity contribution in [2.45, 2.75) is 19.4 Å². The Morgan fingerprint density at radius 3 is 2.68 bits per heavy atom. The van der Waals surface area contributed by atoms with Crippen molar-refractivity contribution >= 4 is 5.69 Å². The van der Waals surface area contributed by atoms with Crippen molar-refractivity contribution < 1.29 is 9.84 Å². The van der Waals surface area contributed by atoms with E-state index < -0.39 is 0 Å². The smallest absolute Gasteiger partial charge is 0.119 e. The number of nitrogens with one attached hydrogen (secondary N) is 1. The second kappa shape index (κ2) is 6.78. The van der Waals surface area contributed by atoms with Gasteiger partial charge in [0.15, 0.2) is 0 Å². The number of nitrogens with zero attached hydrogens (tertiary/aromatic N) is 1. The Hall–Kier alpha value is -1.26. The van der Waals surface area contributed by atoms with Crippen molar-refractivity contribution in [1.82, 2.24) is 5.32 Å². The van der Waals surface area contributed by atoms with Gasteiger partial charge in [-0.05, 0) is 43.1 Å². The monoisotopic (exact) mass is 264 g/mol. The summed E-state index contributed by atoms with van der Waals surface area (Å²) in [4.78, 5) is 2.40. The van der Waals surface area contributed by atoms with E-state index >= 15 is 0 Å². The van der Waals surface area contributed by atoms with Crippen LogP contribution in [0.4, 0.5) is 5.69 Å². The van der Waals surface area contributed by atoms with Crippen molar-refractivity contribution in [1.29, 1.82) is 0 Å². The van der Waals surface area contributed by atoms with Gasteiger partial charge in [0.25, 0.3) is 0 Å². The highest BCUT2D eigenvalue weighted by Gasteiger charge is 2.23. The third-order valence-corrected chi connectivity index (χ3v) is 3.69. The molecule has 0 aromatic heterocycles. The first kappa shape index (κ1) is 14.2. The summed E-state index contributed by atoms with van der Waals surface area (Å²) in [6.07, 6.45) is 0.797. The highest BCUT2D eigenvalue weighted by atomic mass is 16.5. The minimum atomic E-state index is 0.230. The number of aliphatic hydroxyl groups excluding tert-OH is 1. The van der Waals surface area contributed by atoms with E-state index in [9.17, 15) is 5.11 Å². The second-order valence-electron chi connectivity index (χ2n) is 5.28. The van der Waals surface area contributed by atoms with Gasteiger partial charge in [-0.15, -0.1) is 0 Å². The maximum atomic E-state index is 9.25. The molecule has 1 aliphatic rings. The molecule has 1 heterocycles. The molecule has 1 aromatic rings. The summed E-state index contributed by atoms with van der Waals surface area (Å²) in [6, 6.07) is 8.54. The molecule has 2 atom stereocenters. The van der Waals surface area contributed by atoms with Gasteiger partial charge in [0.05, 0.1) is 7.11 Å². The second-order valence-corrected chi connectivity index (χ2v) is 5.28. The summed E-state index contributed by atoms with van der Waals surface area (Å²) in [5.41, 5.74) is 1.20. The summed E-state index contributed by atoms with van der Waals surface area (Å²) in [6.45, 7) is 5.47. The standard InChI is InChI=1S/C15H24N2O2/c1-12-9-16-10-14(7-8-18)17(11-12)13-3-5-15(19-2)6-4-13/h3-6,12,14,16,18H,7-11H2,1-2H3. The van der Waals surface area contributed by atoms with Gasteiger partial charge >= 0.3 is 0 Å². The molecule has 19 heavy (non-hydrogen) atoms. The molecule has 0 amide bonds. The molecular weight excluding hydrogens is 240 g/mol. The summed E-state index contributed by atoms with van der Waals surface area (Å²) >= 11 is 0. The first-order chi connectivity index (χ1) is 9.24. The molecule has 0 bridgehead atoms. The van der Waals surface area contributed by atoms with Crippen LogP contribution in [0.5, 0.6) is 5.75 Å². The normalized spacial score (nSPS) is 24.1. The van der Waals surface area contributed by atoms with Crippen molar-refractivity contribution in [3.8, 4) is 5.75 Å². The van der Waals surface area contributed by atoms with Crippen LogP contribution in [0.3, 0.4) is 0 Å². The fourth-order valence-corrected chi connectivity index (χ4v) is 2.65. The average molecular weight is 264 g/mol. The van der Waals surface area contributed by atoms with Crippen LogP contribution in [0.2, 0.25) is 0 Å². The highest BCUT2D eigenvalue weighted by Crippen LogP contribution is 2.24. The van der Waals surface area contributed by atoms with E-state index in [1.807, 2.05) is 12.1 Å². The third kappa shape index (κ3) is 3.61. The number of methoxy groups -OCH3 is 1. The van der Waals surface area contributed by atoms with Crippen LogP contribution in [0.15, 0.2) is 24.3 Å². The lowest BCUT2D eigenvalue weighted by molar-refractivity contribution is 0.272. The van der Waals surface area contributed by atoms with Crippen molar-refractivity contribution in [3.05, 3.63) is 24.3 Å². The van der Waals surface area contributed by atoms with E-state index in [0.29, 0.717) is 12.0 Å². The zero-order valence-corrected chi connectivity index (χ0v) is 11.8. The fraction of sp³-hybridized carbons (Fsp3) is 0.600. The SMILES string of the molecule is COc1ccc(N2CC(C)CNCC2CCO)cc1. The van der Waals surface area contributed by atoms with Crippen LogP contribution in [0, 0.1) is 5.92 Å². The Morgan fingerprint density at radius 1 is 1.32 bits per heavy atom. The van der Waals surface area contributed by atoms with Crippen LogP contribution in [0.1, 0.15) is 13.3 Å². The lowest BCUT2D eigenvalue weighted by Gasteiger charge is -2.32. The van der Waals surface area contributed by atoms with Crippen molar-refractivity contribution in [2.24, 2.45) is 5.92 Å². The van der Waals surface area contributed by atoms with Crippen LogP contribution in [-0.2, 0) is 0 Å². The summed E-state index contributed by atoms with van der Waals surface area (Å²) in [5, 5.41) is 12.7. The van der Waals surface area contributed by atoms with Gasteiger partial charge < -0.3 is 20.1 Å². The predicted molar refractivity (Wildman–Crippen MR) is 77.9 cm³/mol. The molecule has 106 valence electrons. The predicted octanol–water partition coefficient (Wildman–Crippen LogP) is 1.49. The number of rotatable bonds is 4. The van der Waals surface area contributed by atoms with Gasteiger partial charge in [0.1, 0.15) is 5.75 Å². The van der Waals surface area contributed by atoms with Gasteiger partial charge in [0, 0.05) is 31.4 Å². The Bertz CT molecular complexity index is 380. The summed E-state index contributed by atoms with van der Waals surface area (Å²) < 4.78 is 5.21. The van der Waals surface area contributed by atoms with Crippen LogP contribution < -0.4 is 15.0 Å². The van der Waals surface area contributed by atoms with E-state index in [1.54, 1.807) is 7.11 Å². The maximum absolute atomic E-state index is 9.25. The molecule has 0 aliphatic carbocycles. The van der Waals surface area contributed by atoms with Gasteiger partial charge in [-0.2, -0.15) is 0 Å². The first-order valence-corrected chi connectivity index (χ1v) is 6.97. The van der Waals surface area contributed by atoms with Gasteiger partial charge in [-0.25, -0.2) is 0 Å². The van der Waals surface area contributed by atoms with Gasteiger partial charge in [0.2, 0.25) is 0 Å². The largest absolute Gasteiger partial charge is 0.497 e. The highest BCUT2D eigenvalue weighted by molar-refractivity contribution is 5.50. The molecule has 2 N–H and O–H groups in total. The Kier molecular flexibility index (Phi) is 5.05. The van der Waals surface area contributed by atoms with Gasteiger partial charge in [-0.3, -0.25) is 0 Å². The van der Waals surface area contributed by atoms with Crippen molar-refractivity contribution in [2.75, 3.05) is 38.3 Å². The van der Waals surface area contributed by atoms with Crippen LogP contribution in [0.25, 0.3) is 0 Å². The quantitative estimate of drug-likeness (QED) is 0.865. The number of anilines is 1. The first-order valence-electron chi connectivity index (χ1n) is 6.97. The number of aliphatic hydroxyl groups is 1. The minimum Gasteiger partial charge on any atom is -0.497 e. The topological polar surface area (TPSA) is 44.7 Å². The number of hydrogen-bond donors (Lipinski definition) is 2. The molecule has 0 saturated carbocycles. The third-order valence-electron chi connectivity index (χ3n) is 3.69. The number of hydrogen-bond acceptors (Lipinski definition) is 4. The molecule has 1 aliphatic heterocycles. The fourth-order valence-electron chi connectivity index (χ4n) is 2.65. The zero-order valence-electron chi connectivity index (χ0n) is 11.8. The molecule has 2 unspecified atom stereocenters. The zero-order chi connectivity index (χ0) is 13.7. The van der Waals surface area contributed by atoms with E-state index in [0.717, 1.165) is 31.8 Å². The van der Waals surface area contributed by atoms with Crippen LogP contribution in [-0.4, -0.2) is 44.5 Å².